The standard InChI is InChI=1S/C18H22N4O3.ClH/c1-24-16-15(17(25-2)21-11-20-16)18(23)22-9-13(8-19)14(10-22)12-6-4-3-5-7-12;/h3-7,11,13-14H,8-10,19H2,1-2H3;1H/t13-,14+;/m1./s1. The summed E-state index contributed by atoms with van der Waals surface area (Å²) in [6.07, 6.45) is 1.31. The molecule has 26 heavy (non-hydrogen) atoms. The average molecular weight is 379 g/mol. The molecular weight excluding hydrogens is 356 g/mol. The fourth-order valence-corrected chi connectivity index (χ4v) is 3.36. The first-order valence-electron chi connectivity index (χ1n) is 8.16. The second-order valence-corrected chi connectivity index (χ2v) is 5.99. The zero-order chi connectivity index (χ0) is 17.8. The van der Waals surface area contributed by atoms with Crippen molar-refractivity contribution in [1.29, 1.82) is 0 Å². The lowest BCUT2D eigenvalue weighted by atomic mass is 9.89. The molecule has 2 aromatic rings. The maximum absolute atomic E-state index is 13.1. The van der Waals surface area contributed by atoms with E-state index in [1.807, 2.05) is 18.2 Å². The number of aromatic nitrogens is 2. The first-order valence-corrected chi connectivity index (χ1v) is 8.16. The van der Waals surface area contributed by atoms with Crippen LogP contribution in [0.25, 0.3) is 0 Å². The number of rotatable bonds is 5. The average Bonchev–Trinajstić information content (AvgIpc) is 3.11. The largest absolute Gasteiger partial charge is 0.480 e. The minimum absolute atomic E-state index is 0. The summed E-state index contributed by atoms with van der Waals surface area (Å²) in [6.45, 7) is 1.69. The van der Waals surface area contributed by atoms with Gasteiger partial charge >= 0.3 is 0 Å². The molecule has 1 aromatic heterocycles. The van der Waals surface area contributed by atoms with Crippen LogP contribution in [0, 0.1) is 5.92 Å². The number of hydrogen-bond acceptors (Lipinski definition) is 6. The number of carbonyl (C=O) groups excluding carboxylic acids is 1. The van der Waals surface area contributed by atoms with Gasteiger partial charge in [0, 0.05) is 19.0 Å². The Morgan fingerprint density at radius 3 is 2.31 bits per heavy atom. The highest BCUT2D eigenvalue weighted by molar-refractivity contribution is 5.98. The van der Waals surface area contributed by atoms with Crippen molar-refractivity contribution in [3.8, 4) is 11.8 Å². The van der Waals surface area contributed by atoms with E-state index < -0.39 is 0 Å². The van der Waals surface area contributed by atoms with E-state index in [1.54, 1.807) is 4.90 Å². The lowest BCUT2D eigenvalue weighted by Crippen LogP contribution is -2.30. The molecule has 0 bridgehead atoms. The Morgan fingerprint density at radius 1 is 1.15 bits per heavy atom. The molecule has 0 aliphatic carbocycles. The number of ether oxygens (including phenoxy) is 2. The third-order valence-corrected chi connectivity index (χ3v) is 4.64. The summed E-state index contributed by atoms with van der Waals surface area (Å²) in [5, 5.41) is 0. The van der Waals surface area contributed by atoms with Crippen LogP contribution in [0.2, 0.25) is 0 Å². The highest BCUT2D eigenvalue weighted by Gasteiger charge is 2.37. The summed E-state index contributed by atoms with van der Waals surface area (Å²) >= 11 is 0. The molecule has 0 unspecified atom stereocenters. The van der Waals surface area contributed by atoms with Crippen molar-refractivity contribution in [2.75, 3.05) is 33.9 Å². The van der Waals surface area contributed by atoms with E-state index in [0.29, 0.717) is 19.6 Å². The molecule has 0 radical (unpaired) electrons. The highest BCUT2D eigenvalue weighted by Crippen LogP contribution is 2.34. The molecule has 8 heteroatoms. The first-order chi connectivity index (χ1) is 12.2. The van der Waals surface area contributed by atoms with Gasteiger partial charge in [0.05, 0.1) is 14.2 Å². The zero-order valence-electron chi connectivity index (χ0n) is 14.8. The number of hydrogen-bond donors (Lipinski definition) is 1. The zero-order valence-corrected chi connectivity index (χ0v) is 15.6. The Balaban J connectivity index is 0.00000243. The number of methoxy groups -OCH3 is 2. The monoisotopic (exact) mass is 378 g/mol. The molecule has 3 rings (SSSR count). The lowest BCUT2D eigenvalue weighted by Gasteiger charge is -2.18. The van der Waals surface area contributed by atoms with Crippen LogP contribution >= 0.6 is 12.4 Å². The van der Waals surface area contributed by atoms with Gasteiger partial charge in [-0.1, -0.05) is 30.3 Å². The van der Waals surface area contributed by atoms with Gasteiger partial charge in [-0.25, -0.2) is 9.97 Å². The minimum Gasteiger partial charge on any atom is -0.480 e. The molecule has 0 saturated carbocycles. The molecule has 2 N–H and O–H groups in total. The topological polar surface area (TPSA) is 90.6 Å². The van der Waals surface area contributed by atoms with Crippen molar-refractivity contribution in [3.05, 3.63) is 47.8 Å². The summed E-state index contributed by atoms with van der Waals surface area (Å²) in [7, 11) is 2.94. The number of halogens is 1. The summed E-state index contributed by atoms with van der Waals surface area (Å²) in [6, 6.07) is 10.1. The van der Waals surface area contributed by atoms with Gasteiger partial charge in [0.2, 0.25) is 11.8 Å². The van der Waals surface area contributed by atoms with Crippen molar-refractivity contribution in [1.82, 2.24) is 14.9 Å². The number of nitrogens with zero attached hydrogens (tertiary/aromatic N) is 3. The van der Waals surface area contributed by atoms with E-state index in [-0.39, 0.29) is 47.5 Å². The van der Waals surface area contributed by atoms with Crippen LogP contribution in [-0.2, 0) is 0 Å². The summed E-state index contributed by atoms with van der Waals surface area (Å²) < 4.78 is 10.5. The van der Waals surface area contributed by atoms with Gasteiger partial charge in [0.25, 0.3) is 5.91 Å². The van der Waals surface area contributed by atoms with Crippen molar-refractivity contribution < 1.29 is 14.3 Å². The lowest BCUT2D eigenvalue weighted by molar-refractivity contribution is 0.0777. The number of carbonyl (C=O) groups is 1. The van der Waals surface area contributed by atoms with Gasteiger partial charge in [0.15, 0.2) is 5.56 Å². The van der Waals surface area contributed by atoms with E-state index in [9.17, 15) is 4.79 Å². The Kier molecular flexibility index (Phi) is 6.76. The molecule has 1 aliphatic rings. The van der Waals surface area contributed by atoms with Gasteiger partial charge in [-0.3, -0.25) is 4.79 Å². The van der Waals surface area contributed by atoms with Crippen molar-refractivity contribution in [2.24, 2.45) is 11.7 Å². The second kappa shape index (κ2) is 8.82. The maximum Gasteiger partial charge on any atom is 0.264 e. The molecule has 0 spiro atoms. The van der Waals surface area contributed by atoms with E-state index in [4.69, 9.17) is 15.2 Å². The Bertz CT molecular complexity index is 722. The Labute approximate surface area is 158 Å². The first kappa shape index (κ1) is 19.9. The predicted octanol–water partition coefficient (Wildman–Crippen LogP) is 1.73. The van der Waals surface area contributed by atoms with Crippen LogP contribution in [0.15, 0.2) is 36.7 Å². The molecule has 1 aromatic carbocycles. The van der Waals surface area contributed by atoms with Crippen LogP contribution in [-0.4, -0.2) is 54.6 Å². The quantitative estimate of drug-likeness (QED) is 0.852. The fourth-order valence-electron chi connectivity index (χ4n) is 3.36. The summed E-state index contributed by atoms with van der Waals surface area (Å²) in [4.78, 5) is 22.9. The Morgan fingerprint density at radius 2 is 1.77 bits per heavy atom. The Hall–Kier alpha value is -2.38. The van der Waals surface area contributed by atoms with Crippen molar-refractivity contribution >= 4 is 18.3 Å². The minimum atomic E-state index is -0.203. The molecule has 1 amide bonds. The van der Waals surface area contributed by atoms with Gasteiger partial charge in [-0.2, -0.15) is 0 Å². The fraction of sp³-hybridized carbons (Fsp3) is 0.389. The second-order valence-electron chi connectivity index (χ2n) is 5.99. The van der Waals surface area contributed by atoms with E-state index in [1.165, 1.54) is 26.1 Å². The van der Waals surface area contributed by atoms with Gasteiger partial charge in [-0.15, -0.1) is 12.4 Å². The van der Waals surface area contributed by atoms with Crippen LogP contribution in [0.1, 0.15) is 21.8 Å². The highest BCUT2D eigenvalue weighted by atomic mass is 35.5. The predicted molar refractivity (Wildman–Crippen MR) is 100 cm³/mol. The molecule has 1 aliphatic heterocycles. The summed E-state index contributed by atoms with van der Waals surface area (Å²) in [5.74, 6) is 0.629. The molecular formula is C18H23ClN4O3. The van der Waals surface area contributed by atoms with Crippen molar-refractivity contribution in [3.63, 3.8) is 0 Å². The van der Waals surface area contributed by atoms with Gasteiger partial charge in [-0.05, 0) is 18.0 Å². The van der Waals surface area contributed by atoms with Crippen LogP contribution in [0.3, 0.4) is 0 Å². The molecule has 1 saturated heterocycles. The summed E-state index contributed by atoms with van der Waals surface area (Å²) in [5.41, 5.74) is 7.40. The SMILES string of the molecule is COc1ncnc(OC)c1C(=O)N1C[C@@H](CN)[C@H](c2ccccc2)C1.Cl. The maximum atomic E-state index is 13.1. The smallest absolute Gasteiger partial charge is 0.264 e. The van der Waals surface area contributed by atoms with Gasteiger partial charge < -0.3 is 20.1 Å². The number of amides is 1. The number of benzene rings is 1. The van der Waals surface area contributed by atoms with Crippen LogP contribution < -0.4 is 15.2 Å². The van der Waals surface area contributed by atoms with E-state index in [0.717, 1.165) is 0 Å². The normalized spacial score (nSPS) is 19.0. The van der Waals surface area contributed by atoms with Crippen molar-refractivity contribution in [2.45, 2.75) is 5.92 Å². The molecule has 7 nitrogen and oxygen atoms in total. The van der Waals surface area contributed by atoms with Crippen LogP contribution in [0.4, 0.5) is 0 Å². The number of nitrogens with two attached hydrogens (primary N) is 1. The van der Waals surface area contributed by atoms with E-state index in [2.05, 4.69) is 22.1 Å². The van der Waals surface area contributed by atoms with Gasteiger partial charge in [0.1, 0.15) is 6.33 Å². The third kappa shape index (κ3) is 3.73. The molecule has 140 valence electrons. The number of likely N-dealkylation sites (tertiary alicyclic amines) is 1. The van der Waals surface area contributed by atoms with E-state index >= 15 is 0 Å². The molecule has 2 heterocycles. The molecule has 2 atom stereocenters. The molecule has 1 fully saturated rings. The third-order valence-electron chi connectivity index (χ3n) is 4.64. The van der Waals surface area contributed by atoms with Crippen LogP contribution in [0.5, 0.6) is 11.8 Å².